The molecule has 3 nitrogen and oxygen atoms in total. The standard InChI is InChI=1S/C21H20N2O/c1-3-23(21(24)18-13-14-22-15-16(18)2)20-12-8-7-11-19(20)17-9-5-4-6-10-17/h4-15H,3H2,1-2H3. The minimum absolute atomic E-state index is 0.000723. The highest BCUT2D eigenvalue weighted by Crippen LogP contribution is 2.31. The molecule has 0 atom stereocenters. The van der Waals surface area contributed by atoms with Crippen LogP contribution in [-0.4, -0.2) is 17.4 Å². The summed E-state index contributed by atoms with van der Waals surface area (Å²) in [6.07, 6.45) is 3.39. The molecule has 2 aromatic carbocycles. The highest BCUT2D eigenvalue weighted by atomic mass is 16.2. The van der Waals surface area contributed by atoms with Crippen LogP contribution in [-0.2, 0) is 0 Å². The summed E-state index contributed by atoms with van der Waals surface area (Å²) in [5.74, 6) is 0.000723. The maximum Gasteiger partial charge on any atom is 0.258 e. The van der Waals surface area contributed by atoms with E-state index in [1.807, 2.05) is 55.1 Å². The van der Waals surface area contributed by atoms with Crippen LogP contribution in [0.25, 0.3) is 11.1 Å². The second kappa shape index (κ2) is 7.09. The van der Waals surface area contributed by atoms with Gasteiger partial charge in [-0.1, -0.05) is 48.5 Å². The Labute approximate surface area is 142 Å². The highest BCUT2D eigenvalue weighted by Gasteiger charge is 2.20. The molecule has 3 heteroatoms. The minimum atomic E-state index is 0.000723. The van der Waals surface area contributed by atoms with Gasteiger partial charge in [0.15, 0.2) is 0 Å². The van der Waals surface area contributed by atoms with Crippen LogP contribution >= 0.6 is 0 Å². The van der Waals surface area contributed by atoms with Crippen LogP contribution in [0.3, 0.4) is 0 Å². The smallest absolute Gasteiger partial charge is 0.258 e. The van der Waals surface area contributed by atoms with Crippen molar-refractivity contribution in [3.8, 4) is 11.1 Å². The summed E-state index contributed by atoms with van der Waals surface area (Å²) in [5, 5.41) is 0. The predicted molar refractivity (Wildman–Crippen MR) is 98.2 cm³/mol. The number of hydrogen-bond acceptors (Lipinski definition) is 2. The molecule has 0 spiro atoms. The van der Waals surface area contributed by atoms with Crippen LogP contribution in [0, 0.1) is 6.92 Å². The molecular formula is C21H20N2O. The van der Waals surface area contributed by atoms with Gasteiger partial charge in [0.1, 0.15) is 0 Å². The van der Waals surface area contributed by atoms with Gasteiger partial charge >= 0.3 is 0 Å². The average molecular weight is 316 g/mol. The Morgan fingerprint density at radius 3 is 2.42 bits per heavy atom. The number of anilines is 1. The first-order valence-electron chi connectivity index (χ1n) is 8.09. The minimum Gasteiger partial charge on any atom is -0.308 e. The molecule has 0 unspecified atom stereocenters. The summed E-state index contributed by atoms with van der Waals surface area (Å²) in [5.41, 5.74) is 4.66. The Hall–Kier alpha value is -2.94. The fourth-order valence-electron chi connectivity index (χ4n) is 2.85. The molecule has 1 amide bonds. The second-order valence-electron chi connectivity index (χ2n) is 5.62. The molecule has 0 saturated carbocycles. The Bertz CT molecular complexity index is 843. The number of para-hydroxylation sites is 1. The summed E-state index contributed by atoms with van der Waals surface area (Å²) >= 11 is 0. The lowest BCUT2D eigenvalue weighted by atomic mass is 10.0. The van der Waals surface area contributed by atoms with Gasteiger partial charge in [0, 0.05) is 30.1 Å². The summed E-state index contributed by atoms with van der Waals surface area (Å²) in [6, 6.07) is 20.0. The van der Waals surface area contributed by atoms with E-state index in [9.17, 15) is 4.79 Å². The lowest BCUT2D eigenvalue weighted by Crippen LogP contribution is -2.31. The van der Waals surface area contributed by atoms with Gasteiger partial charge < -0.3 is 4.90 Å². The van der Waals surface area contributed by atoms with Crippen LogP contribution < -0.4 is 4.90 Å². The molecule has 120 valence electrons. The van der Waals surface area contributed by atoms with Crippen molar-refractivity contribution in [1.29, 1.82) is 0 Å². The summed E-state index contributed by atoms with van der Waals surface area (Å²) < 4.78 is 0. The molecule has 0 aliphatic heterocycles. The van der Waals surface area contributed by atoms with Crippen molar-refractivity contribution in [2.24, 2.45) is 0 Å². The second-order valence-corrected chi connectivity index (χ2v) is 5.62. The Morgan fingerprint density at radius 2 is 1.71 bits per heavy atom. The zero-order valence-corrected chi connectivity index (χ0v) is 13.9. The van der Waals surface area contributed by atoms with E-state index < -0.39 is 0 Å². The molecule has 1 heterocycles. The Morgan fingerprint density at radius 1 is 1.00 bits per heavy atom. The fraction of sp³-hybridized carbons (Fsp3) is 0.143. The Balaban J connectivity index is 2.07. The van der Waals surface area contributed by atoms with E-state index in [0.29, 0.717) is 12.1 Å². The molecule has 24 heavy (non-hydrogen) atoms. The van der Waals surface area contributed by atoms with Crippen molar-refractivity contribution in [1.82, 2.24) is 4.98 Å². The number of pyridine rings is 1. The van der Waals surface area contributed by atoms with Gasteiger partial charge in [-0.25, -0.2) is 0 Å². The molecule has 0 fully saturated rings. The first-order valence-corrected chi connectivity index (χ1v) is 8.09. The Kier molecular flexibility index (Phi) is 4.71. The van der Waals surface area contributed by atoms with E-state index in [4.69, 9.17) is 0 Å². The lowest BCUT2D eigenvalue weighted by molar-refractivity contribution is 0.0987. The van der Waals surface area contributed by atoms with Crippen molar-refractivity contribution in [3.05, 3.63) is 84.2 Å². The number of carbonyl (C=O) groups is 1. The number of amides is 1. The van der Waals surface area contributed by atoms with Crippen LogP contribution in [0.4, 0.5) is 5.69 Å². The van der Waals surface area contributed by atoms with Crippen molar-refractivity contribution in [2.45, 2.75) is 13.8 Å². The van der Waals surface area contributed by atoms with Gasteiger partial charge in [-0.15, -0.1) is 0 Å². The molecule has 3 aromatic rings. The number of benzene rings is 2. The van der Waals surface area contributed by atoms with Gasteiger partial charge in [-0.05, 0) is 37.1 Å². The normalized spacial score (nSPS) is 10.4. The molecule has 0 aliphatic rings. The van der Waals surface area contributed by atoms with Gasteiger partial charge in [-0.3, -0.25) is 9.78 Å². The summed E-state index contributed by atoms with van der Waals surface area (Å²) in [7, 11) is 0. The van der Waals surface area contributed by atoms with Gasteiger partial charge in [-0.2, -0.15) is 0 Å². The first-order chi connectivity index (χ1) is 11.7. The third-order valence-electron chi connectivity index (χ3n) is 4.09. The van der Waals surface area contributed by atoms with E-state index in [1.54, 1.807) is 18.5 Å². The first kappa shape index (κ1) is 15.9. The number of nitrogens with zero attached hydrogens (tertiary/aromatic N) is 2. The number of hydrogen-bond donors (Lipinski definition) is 0. The number of carbonyl (C=O) groups excluding carboxylic acids is 1. The number of aromatic nitrogens is 1. The van der Waals surface area contributed by atoms with E-state index in [-0.39, 0.29) is 5.91 Å². The van der Waals surface area contributed by atoms with Crippen molar-refractivity contribution >= 4 is 11.6 Å². The quantitative estimate of drug-likeness (QED) is 0.697. The molecule has 0 radical (unpaired) electrons. The number of rotatable bonds is 4. The van der Waals surface area contributed by atoms with Crippen LogP contribution in [0.15, 0.2) is 73.1 Å². The summed E-state index contributed by atoms with van der Waals surface area (Å²) in [6.45, 7) is 4.51. The number of aryl methyl sites for hydroxylation is 1. The monoisotopic (exact) mass is 316 g/mol. The van der Waals surface area contributed by atoms with Crippen molar-refractivity contribution in [3.63, 3.8) is 0 Å². The fourth-order valence-corrected chi connectivity index (χ4v) is 2.85. The van der Waals surface area contributed by atoms with Crippen LogP contribution in [0.1, 0.15) is 22.8 Å². The molecule has 0 bridgehead atoms. The third-order valence-corrected chi connectivity index (χ3v) is 4.09. The van der Waals surface area contributed by atoms with E-state index in [2.05, 4.69) is 23.2 Å². The molecule has 1 aromatic heterocycles. The van der Waals surface area contributed by atoms with E-state index >= 15 is 0 Å². The van der Waals surface area contributed by atoms with Crippen LogP contribution in [0.5, 0.6) is 0 Å². The van der Waals surface area contributed by atoms with Crippen molar-refractivity contribution < 1.29 is 4.79 Å². The van der Waals surface area contributed by atoms with Gasteiger partial charge in [0.05, 0.1) is 5.69 Å². The largest absolute Gasteiger partial charge is 0.308 e. The maximum atomic E-state index is 13.1. The maximum absolute atomic E-state index is 13.1. The zero-order valence-electron chi connectivity index (χ0n) is 13.9. The molecule has 0 saturated heterocycles. The molecule has 0 N–H and O–H groups in total. The van der Waals surface area contributed by atoms with E-state index in [0.717, 1.165) is 22.4 Å². The third kappa shape index (κ3) is 3.06. The lowest BCUT2D eigenvalue weighted by Gasteiger charge is -2.24. The predicted octanol–water partition coefficient (Wildman–Crippen LogP) is 4.72. The molecule has 3 rings (SSSR count). The van der Waals surface area contributed by atoms with Crippen molar-refractivity contribution in [2.75, 3.05) is 11.4 Å². The highest BCUT2D eigenvalue weighted by molar-refractivity contribution is 6.08. The van der Waals surface area contributed by atoms with Crippen LogP contribution in [0.2, 0.25) is 0 Å². The van der Waals surface area contributed by atoms with Gasteiger partial charge in [0.25, 0.3) is 5.91 Å². The average Bonchev–Trinajstić information content (AvgIpc) is 2.64. The zero-order chi connectivity index (χ0) is 16.9. The topological polar surface area (TPSA) is 33.2 Å². The molecular weight excluding hydrogens is 296 g/mol. The summed E-state index contributed by atoms with van der Waals surface area (Å²) in [4.78, 5) is 19.0. The van der Waals surface area contributed by atoms with E-state index in [1.165, 1.54) is 0 Å². The SMILES string of the molecule is CCN(C(=O)c1ccncc1C)c1ccccc1-c1ccccc1. The van der Waals surface area contributed by atoms with Gasteiger partial charge in [0.2, 0.25) is 0 Å². The molecule has 0 aliphatic carbocycles.